The van der Waals surface area contributed by atoms with Crippen LogP contribution in [0.2, 0.25) is 0 Å². The SMILES string of the molecule is Cc1c(C(=O)NCc2ccc(F)cc2)c(C2CCCC2)nc2cc(C(F)(F)F)ccc12. The van der Waals surface area contributed by atoms with Crippen molar-refractivity contribution in [1.29, 1.82) is 0 Å². The van der Waals surface area contributed by atoms with Gasteiger partial charge < -0.3 is 5.32 Å². The van der Waals surface area contributed by atoms with Gasteiger partial charge in [0.25, 0.3) is 5.91 Å². The number of nitrogens with zero attached hydrogens (tertiary/aromatic N) is 1. The molecule has 4 rings (SSSR count). The van der Waals surface area contributed by atoms with Crippen LogP contribution in [0.25, 0.3) is 10.9 Å². The van der Waals surface area contributed by atoms with Crippen LogP contribution in [0.3, 0.4) is 0 Å². The highest BCUT2D eigenvalue weighted by molar-refractivity contribution is 6.01. The van der Waals surface area contributed by atoms with E-state index < -0.39 is 11.7 Å². The molecule has 1 saturated carbocycles. The first-order chi connectivity index (χ1) is 14.7. The molecule has 0 spiro atoms. The zero-order chi connectivity index (χ0) is 22.2. The number of carbonyl (C=O) groups excluding carboxylic acids is 1. The maximum absolute atomic E-state index is 13.2. The van der Waals surface area contributed by atoms with Gasteiger partial charge in [0.2, 0.25) is 0 Å². The number of rotatable bonds is 4. The Hall–Kier alpha value is -2.96. The second kappa shape index (κ2) is 8.29. The van der Waals surface area contributed by atoms with Crippen LogP contribution in [0.4, 0.5) is 17.6 Å². The minimum absolute atomic E-state index is 0.0456. The molecule has 1 heterocycles. The Morgan fingerprint density at radius 1 is 1.10 bits per heavy atom. The minimum Gasteiger partial charge on any atom is -0.348 e. The quantitative estimate of drug-likeness (QED) is 0.495. The number of benzene rings is 2. The Morgan fingerprint density at radius 3 is 2.42 bits per heavy atom. The molecule has 2 aromatic carbocycles. The number of halogens is 4. The van der Waals surface area contributed by atoms with E-state index in [2.05, 4.69) is 10.3 Å². The normalized spacial score (nSPS) is 14.9. The number of amides is 1. The first-order valence-corrected chi connectivity index (χ1v) is 10.3. The molecule has 31 heavy (non-hydrogen) atoms. The van der Waals surface area contributed by atoms with E-state index in [4.69, 9.17) is 0 Å². The largest absolute Gasteiger partial charge is 0.416 e. The molecular formula is C24H22F4N2O. The van der Waals surface area contributed by atoms with Crippen molar-refractivity contribution in [3.63, 3.8) is 0 Å². The molecule has 1 aliphatic carbocycles. The molecule has 3 nitrogen and oxygen atoms in total. The molecule has 7 heteroatoms. The fraction of sp³-hybridized carbons (Fsp3) is 0.333. The Bertz CT molecular complexity index is 1120. The van der Waals surface area contributed by atoms with Crippen LogP contribution in [0.1, 0.15) is 64.3 Å². The van der Waals surface area contributed by atoms with E-state index in [1.54, 1.807) is 19.1 Å². The minimum atomic E-state index is -4.46. The highest BCUT2D eigenvalue weighted by Crippen LogP contribution is 2.38. The van der Waals surface area contributed by atoms with Gasteiger partial charge in [-0.1, -0.05) is 31.0 Å². The third-order valence-corrected chi connectivity index (χ3v) is 5.94. The van der Waals surface area contributed by atoms with Crippen LogP contribution in [-0.4, -0.2) is 10.9 Å². The van der Waals surface area contributed by atoms with E-state index in [-0.39, 0.29) is 29.7 Å². The van der Waals surface area contributed by atoms with Crippen molar-refractivity contribution in [3.05, 3.63) is 76.2 Å². The molecule has 0 aliphatic heterocycles. The predicted molar refractivity (Wildman–Crippen MR) is 110 cm³/mol. The summed E-state index contributed by atoms with van der Waals surface area (Å²) in [5.74, 6) is -0.631. The van der Waals surface area contributed by atoms with E-state index in [1.165, 1.54) is 18.2 Å². The molecule has 1 amide bonds. The van der Waals surface area contributed by atoms with Crippen LogP contribution in [0.15, 0.2) is 42.5 Å². The number of fused-ring (bicyclic) bond motifs is 1. The monoisotopic (exact) mass is 430 g/mol. The van der Waals surface area contributed by atoms with Gasteiger partial charge in [-0.3, -0.25) is 9.78 Å². The standard InChI is InChI=1S/C24H22F4N2O/c1-14-19-11-8-17(24(26,27)28)12-20(19)30-22(16-4-2-3-5-16)21(14)23(31)29-13-15-6-9-18(25)10-7-15/h6-12,16H,2-5,13H2,1H3,(H,29,31). The highest BCUT2D eigenvalue weighted by atomic mass is 19.4. The first-order valence-electron chi connectivity index (χ1n) is 10.3. The topological polar surface area (TPSA) is 42.0 Å². The summed E-state index contributed by atoms with van der Waals surface area (Å²) in [5, 5.41) is 3.39. The number of aromatic nitrogens is 1. The molecule has 0 bridgehead atoms. The molecule has 1 aliphatic rings. The van der Waals surface area contributed by atoms with E-state index in [0.29, 0.717) is 22.2 Å². The molecule has 0 radical (unpaired) electrons. The molecule has 0 saturated heterocycles. The van der Waals surface area contributed by atoms with Crippen molar-refractivity contribution >= 4 is 16.8 Å². The fourth-order valence-electron chi connectivity index (χ4n) is 4.28. The average Bonchev–Trinajstić information content (AvgIpc) is 3.27. The number of pyridine rings is 1. The van der Waals surface area contributed by atoms with Crippen LogP contribution in [0.5, 0.6) is 0 Å². The molecule has 0 unspecified atom stereocenters. The first kappa shape index (κ1) is 21.3. The lowest BCUT2D eigenvalue weighted by molar-refractivity contribution is -0.137. The van der Waals surface area contributed by atoms with E-state index >= 15 is 0 Å². The Kier molecular flexibility index (Phi) is 5.69. The maximum atomic E-state index is 13.2. The number of hydrogen-bond donors (Lipinski definition) is 1. The van der Waals surface area contributed by atoms with Crippen LogP contribution in [0, 0.1) is 12.7 Å². The summed E-state index contributed by atoms with van der Waals surface area (Å²) in [7, 11) is 0. The molecule has 1 aromatic heterocycles. The molecule has 1 fully saturated rings. The summed E-state index contributed by atoms with van der Waals surface area (Å²) >= 11 is 0. The Balaban J connectivity index is 1.74. The van der Waals surface area contributed by atoms with Gasteiger partial charge >= 0.3 is 6.18 Å². The fourth-order valence-corrected chi connectivity index (χ4v) is 4.28. The predicted octanol–water partition coefficient (Wildman–Crippen LogP) is 6.29. The third-order valence-electron chi connectivity index (χ3n) is 5.94. The van der Waals surface area contributed by atoms with Crippen molar-refractivity contribution < 1.29 is 22.4 Å². The lowest BCUT2D eigenvalue weighted by Crippen LogP contribution is -2.26. The van der Waals surface area contributed by atoms with Gasteiger partial charge in [-0.05, 0) is 55.2 Å². The van der Waals surface area contributed by atoms with Gasteiger partial charge in [0.1, 0.15) is 5.82 Å². The van der Waals surface area contributed by atoms with Gasteiger partial charge in [-0.2, -0.15) is 13.2 Å². The van der Waals surface area contributed by atoms with Crippen LogP contribution >= 0.6 is 0 Å². The van der Waals surface area contributed by atoms with Crippen molar-refractivity contribution in [3.8, 4) is 0 Å². The lowest BCUT2D eigenvalue weighted by atomic mass is 9.92. The number of hydrogen-bond acceptors (Lipinski definition) is 2. The zero-order valence-electron chi connectivity index (χ0n) is 17.0. The van der Waals surface area contributed by atoms with Gasteiger partial charge in [-0.15, -0.1) is 0 Å². The van der Waals surface area contributed by atoms with Gasteiger partial charge in [0.15, 0.2) is 0 Å². The molecular weight excluding hydrogens is 408 g/mol. The van der Waals surface area contributed by atoms with Crippen molar-refractivity contribution in [2.75, 3.05) is 0 Å². The van der Waals surface area contributed by atoms with Crippen molar-refractivity contribution in [2.45, 2.75) is 51.2 Å². The second-order valence-corrected chi connectivity index (χ2v) is 8.02. The summed E-state index contributed by atoms with van der Waals surface area (Å²) in [6, 6.07) is 9.30. The molecule has 1 N–H and O–H groups in total. The van der Waals surface area contributed by atoms with Crippen LogP contribution < -0.4 is 5.32 Å². The highest BCUT2D eigenvalue weighted by Gasteiger charge is 2.32. The number of nitrogens with one attached hydrogen (secondary N) is 1. The summed E-state index contributed by atoms with van der Waals surface area (Å²) in [6.07, 6.45) is -0.738. The maximum Gasteiger partial charge on any atom is 0.416 e. The van der Waals surface area contributed by atoms with Gasteiger partial charge in [-0.25, -0.2) is 4.39 Å². The second-order valence-electron chi connectivity index (χ2n) is 8.02. The lowest BCUT2D eigenvalue weighted by Gasteiger charge is -2.19. The molecule has 162 valence electrons. The smallest absolute Gasteiger partial charge is 0.348 e. The third kappa shape index (κ3) is 4.40. The molecule has 0 atom stereocenters. The zero-order valence-corrected chi connectivity index (χ0v) is 17.0. The van der Waals surface area contributed by atoms with E-state index in [1.807, 2.05) is 0 Å². The van der Waals surface area contributed by atoms with Crippen molar-refractivity contribution in [1.82, 2.24) is 10.3 Å². The Morgan fingerprint density at radius 2 is 1.77 bits per heavy atom. The number of aryl methyl sites for hydroxylation is 1. The summed E-state index contributed by atoms with van der Waals surface area (Å²) in [6.45, 7) is 1.97. The summed E-state index contributed by atoms with van der Waals surface area (Å²) < 4.78 is 52.7. The van der Waals surface area contributed by atoms with Crippen LogP contribution in [-0.2, 0) is 12.7 Å². The average molecular weight is 430 g/mol. The van der Waals surface area contributed by atoms with E-state index in [0.717, 1.165) is 43.4 Å². The number of carbonyl (C=O) groups is 1. The van der Waals surface area contributed by atoms with Gasteiger partial charge in [0.05, 0.1) is 22.3 Å². The summed E-state index contributed by atoms with van der Waals surface area (Å²) in [4.78, 5) is 17.7. The van der Waals surface area contributed by atoms with Crippen molar-refractivity contribution in [2.24, 2.45) is 0 Å². The Labute approximate surface area is 177 Å². The molecule has 3 aromatic rings. The van der Waals surface area contributed by atoms with Gasteiger partial charge in [0, 0.05) is 17.8 Å². The van der Waals surface area contributed by atoms with E-state index in [9.17, 15) is 22.4 Å². The summed E-state index contributed by atoms with van der Waals surface area (Å²) in [5.41, 5.74) is 1.87. The number of alkyl halides is 3.